The zero-order valence-electron chi connectivity index (χ0n) is 10.3. The van der Waals surface area contributed by atoms with E-state index in [0.29, 0.717) is 28.8 Å². The fraction of sp³-hybridized carbons (Fsp3) is 0.231. The van der Waals surface area contributed by atoms with Crippen LogP contribution in [0.2, 0.25) is 5.02 Å². The summed E-state index contributed by atoms with van der Waals surface area (Å²) in [4.78, 5) is 8.65. The number of benzene rings is 1. The summed E-state index contributed by atoms with van der Waals surface area (Å²) in [5.74, 6) is 1.24. The van der Waals surface area contributed by atoms with Gasteiger partial charge in [0.15, 0.2) is 0 Å². The molecular formula is C13H14ClN3O. The van der Waals surface area contributed by atoms with Gasteiger partial charge in [-0.2, -0.15) is 4.98 Å². The van der Waals surface area contributed by atoms with Crippen molar-refractivity contribution < 1.29 is 4.74 Å². The van der Waals surface area contributed by atoms with Crippen LogP contribution in [0.5, 0.6) is 5.88 Å². The first-order chi connectivity index (χ1) is 8.58. The minimum atomic E-state index is 0.557. The molecule has 0 fully saturated rings. The molecule has 94 valence electrons. The summed E-state index contributed by atoms with van der Waals surface area (Å²) in [5.41, 5.74) is 8.37. The standard InChI is InChI=1S/C13H14ClN3O/c1-8-5-13(18-2)17-12(16-8)6-9-3-4-10(14)7-11(9)15/h3-5,7H,6,15H2,1-2H3. The topological polar surface area (TPSA) is 61.0 Å². The first-order valence-electron chi connectivity index (χ1n) is 5.51. The second-order valence-corrected chi connectivity index (χ2v) is 4.42. The molecule has 2 N–H and O–H groups in total. The second kappa shape index (κ2) is 5.23. The van der Waals surface area contributed by atoms with Crippen LogP contribution in [-0.4, -0.2) is 17.1 Å². The van der Waals surface area contributed by atoms with E-state index >= 15 is 0 Å². The number of nitrogens with two attached hydrogens (primary N) is 1. The van der Waals surface area contributed by atoms with Crippen LogP contribution < -0.4 is 10.5 Å². The Morgan fingerprint density at radius 2 is 2.06 bits per heavy atom. The lowest BCUT2D eigenvalue weighted by atomic mass is 10.1. The zero-order valence-corrected chi connectivity index (χ0v) is 11.0. The van der Waals surface area contributed by atoms with Crippen LogP contribution in [-0.2, 0) is 6.42 Å². The average Bonchev–Trinajstić information content (AvgIpc) is 2.32. The van der Waals surface area contributed by atoms with Crippen LogP contribution in [0.4, 0.5) is 5.69 Å². The van der Waals surface area contributed by atoms with Crippen LogP contribution in [0.1, 0.15) is 17.1 Å². The number of nitrogens with zero attached hydrogens (tertiary/aromatic N) is 2. The summed E-state index contributed by atoms with van der Waals surface area (Å²) in [7, 11) is 1.59. The Bertz CT molecular complexity index is 572. The SMILES string of the molecule is COc1cc(C)nc(Cc2ccc(Cl)cc2N)n1. The molecule has 0 radical (unpaired) electrons. The molecule has 0 spiro atoms. The molecule has 4 nitrogen and oxygen atoms in total. The highest BCUT2D eigenvalue weighted by molar-refractivity contribution is 6.30. The molecule has 1 aromatic carbocycles. The van der Waals surface area contributed by atoms with Crippen LogP contribution in [0.25, 0.3) is 0 Å². The Labute approximate surface area is 111 Å². The van der Waals surface area contributed by atoms with Crippen molar-refractivity contribution in [3.05, 3.63) is 46.4 Å². The van der Waals surface area contributed by atoms with Gasteiger partial charge in [0.25, 0.3) is 0 Å². The highest BCUT2D eigenvalue weighted by Crippen LogP contribution is 2.20. The van der Waals surface area contributed by atoms with Gasteiger partial charge in [-0.3, -0.25) is 0 Å². The minimum absolute atomic E-state index is 0.557. The normalized spacial score (nSPS) is 10.4. The van der Waals surface area contributed by atoms with E-state index in [2.05, 4.69) is 9.97 Å². The quantitative estimate of drug-likeness (QED) is 0.865. The lowest BCUT2D eigenvalue weighted by Crippen LogP contribution is -2.02. The monoisotopic (exact) mass is 263 g/mol. The first-order valence-corrected chi connectivity index (χ1v) is 5.88. The number of nitrogen functional groups attached to an aromatic ring is 1. The van der Waals surface area contributed by atoms with Crippen molar-refractivity contribution >= 4 is 17.3 Å². The Morgan fingerprint density at radius 3 is 2.72 bits per heavy atom. The predicted molar refractivity (Wildman–Crippen MR) is 72.0 cm³/mol. The van der Waals surface area contributed by atoms with E-state index in [1.807, 2.05) is 13.0 Å². The molecule has 2 aromatic rings. The smallest absolute Gasteiger partial charge is 0.216 e. The Hall–Kier alpha value is -1.81. The maximum absolute atomic E-state index is 5.91. The molecule has 0 aliphatic heterocycles. The van der Waals surface area contributed by atoms with Gasteiger partial charge in [0.2, 0.25) is 5.88 Å². The third-order valence-electron chi connectivity index (χ3n) is 2.54. The molecule has 0 saturated heterocycles. The highest BCUT2D eigenvalue weighted by atomic mass is 35.5. The van der Waals surface area contributed by atoms with Gasteiger partial charge >= 0.3 is 0 Å². The molecular weight excluding hydrogens is 250 g/mol. The van der Waals surface area contributed by atoms with Crippen molar-refractivity contribution in [1.82, 2.24) is 9.97 Å². The fourth-order valence-corrected chi connectivity index (χ4v) is 1.86. The van der Waals surface area contributed by atoms with Crippen molar-refractivity contribution in [2.45, 2.75) is 13.3 Å². The van der Waals surface area contributed by atoms with Crippen LogP contribution in [0, 0.1) is 6.92 Å². The van der Waals surface area contributed by atoms with Gasteiger partial charge in [-0.25, -0.2) is 4.98 Å². The molecule has 0 aliphatic rings. The Morgan fingerprint density at radius 1 is 1.28 bits per heavy atom. The summed E-state index contributed by atoms with van der Waals surface area (Å²) >= 11 is 5.86. The Balaban J connectivity index is 2.30. The van der Waals surface area contributed by atoms with Gasteiger partial charge in [-0.05, 0) is 24.6 Å². The van der Waals surface area contributed by atoms with Crippen LogP contribution in [0.3, 0.4) is 0 Å². The van der Waals surface area contributed by atoms with Crippen molar-refractivity contribution in [2.24, 2.45) is 0 Å². The van der Waals surface area contributed by atoms with Gasteiger partial charge in [0.1, 0.15) is 5.82 Å². The maximum atomic E-state index is 5.91. The molecule has 0 atom stereocenters. The fourth-order valence-electron chi connectivity index (χ4n) is 1.68. The maximum Gasteiger partial charge on any atom is 0.216 e. The van der Waals surface area contributed by atoms with Gasteiger partial charge < -0.3 is 10.5 Å². The molecule has 2 rings (SSSR count). The molecule has 0 aliphatic carbocycles. The Kier molecular flexibility index (Phi) is 3.67. The number of halogens is 1. The van der Waals surface area contributed by atoms with Crippen LogP contribution >= 0.6 is 11.6 Å². The molecule has 0 amide bonds. The number of hydrogen-bond donors (Lipinski definition) is 1. The van der Waals surface area contributed by atoms with E-state index < -0.39 is 0 Å². The number of rotatable bonds is 3. The number of methoxy groups -OCH3 is 1. The lowest BCUT2D eigenvalue weighted by molar-refractivity contribution is 0.394. The van der Waals surface area contributed by atoms with E-state index in [9.17, 15) is 0 Å². The van der Waals surface area contributed by atoms with E-state index in [1.54, 1.807) is 25.3 Å². The number of hydrogen-bond acceptors (Lipinski definition) is 4. The van der Waals surface area contributed by atoms with Crippen molar-refractivity contribution in [1.29, 1.82) is 0 Å². The van der Waals surface area contributed by atoms with Crippen molar-refractivity contribution in [3.63, 3.8) is 0 Å². The van der Waals surface area contributed by atoms with Crippen LogP contribution in [0.15, 0.2) is 24.3 Å². The predicted octanol–water partition coefficient (Wildman–Crippen LogP) is 2.62. The molecule has 0 saturated carbocycles. The van der Waals surface area contributed by atoms with E-state index in [-0.39, 0.29) is 0 Å². The first kappa shape index (κ1) is 12.6. The summed E-state index contributed by atoms with van der Waals surface area (Å²) < 4.78 is 5.12. The van der Waals surface area contributed by atoms with Gasteiger partial charge in [-0.15, -0.1) is 0 Å². The van der Waals surface area contributed by atoms with Crippen molar-refractivity contribution in [2.75, 3.05) is 12.8 Å². The third-order valence-corrected chi connectivity index (χ3v) is 2.78. The summed E-state index contributed by atoms with van der Waals surface area (Å²) in [6.07, 6.45) is 0.557. The summed E-state index contributed by atoms with van der Waals surface area (Å²) in [5, 5.41) is 0.624. The molecule has 5 heteroatoms. The molecule has 1 heterocycles. The number of aryl methyl sites for hydroxylation is 1. The van der Waals surface area contributed by atoms with E-state index in [1.165, 1.54) is 0 Å². The second-order valence-electron chi connectivity index (χ2n) is 3.99. The number of aromatic nitrogens is 2. The van der Waals surface area contributed by atoms with E-state index in [0.717, 1.165) is 11.3 Å². The molecule has 0 unspecified atom stereocenters. The lowest BCUT2D eigenvalue weighted by Gasteiger charge is -2.07. The minimum Gasteiger partial charge on any atom is -0.481 e. The van der Waals surface area contributed by atoms with Gasteiger partial charge in [0, 0.05) is 28.9 Å². The average molecular weight is 264 g/mol. The number of ether oxygens (including phenoxy) is 1. The summed E-state index contributed by atoms with van der Waals surface area (Å²) in [6.45, 7) is 1.90. The van der Waals surface area contributed by atoms with Gasteiger partial charge in [0.05, 0.1) is 7.11 Å². The summed E-state index contributed by atoms with van der Waals surface area (Å²) in [6, 6.07) is 7.20. The molecule has 18 heavy (non-hydrogen) atoms. The third kappa shape index (κ3) is 2.90. The molecule has 1 aromatic heterocycles. The molecule has 0 bridgehead atoms. The number of anilines is 1. The zero-order chi connectivity index (χ0) is 13.1. The van der Waals surface area contributed by atoms with Crippen molar-refractivity contribution in [3.8, 4) is 5.88 Å². The highest BCUT2D eigenvalue weighted by Gasteiger charge is 2.06. The van der Waals surface area contributed by atoms with Gasteiger partial charge in [-0.1, -0.05) is 17.7 Å². The largest absolute Gasteiger partial charge is 0.481 e. The van der Waals surface area contributed by atoms with E-state index in [4.69, 9.17) is 22.1 Å².